The summed E-state index contributed by atoms with van der Waals surface area (Å²) < 4.78 is 5.68. The van der Waals surface area contributed by atoms with Crippen LogP contribution in [0.25, 0.3) is 0 Å². The van der Waals surface area contributed by atoms with E-state index in [2.05, 4.69) is 12.2 Å². The molecular weight excluding hydrogens is 414 g/mol. The van der Waals surface area contributed by atoms with Gasteiger partial charge in [0, 0.05) is 16.7 Å². The van der Waals surface area contributed by atoms with Gasteiger partial charge in [0.15, 0.2) is 12.4 Å². The predicted molar refractivity (Wildman–Crippen MR) is 115 cm³/mol. The molecule has 1 heterocycles. The molecule has 2 aromatic rings. The number of rotatable bonds is 5. The molecule has 156 valence electrons. The molecule has 4 aliphatic carbocycles. The van der Waals surface area contributed by atoms with Gasteiger partial charge in [0.25, 0.3) is 0 Å². The molecule has 0 N–H and O–H groups in total. The maximum Gasteiger partial charge on any atom is 0.238 e. The Morgan fingerprint density at radius 1 is 0.968 bits per heavy atom. The molecule has 2 aromatic carbocycles. The van der Waals surface area contributed by atoms with E-state index in [1.165, 1.54) is 4.90 Å². The summed E-state index contributed by atoms with van der Waals surface area (Å²) in [4.78, 5) is 40.2. The van der Waals surface area contributed by atoms with Gasteiger partial charge in [-0.15, -0.1) is 0 Å². The normalized spacial score (nSPS) is 32.1. The summed E-state index contributed by atoms with van der Waals surface area (Å²) in [5, 5.41) is 0.562. The number of nitrogens with zero attached hydrogens (tertiary/aromatic N) is 1. The Morgan fingerprint density at radius 3 is 2.26 bits per heavy atom. The molecule has 5 aliphatic rings. The molecule has 6 atom stereocenters. The summed E-state index contributed by atoms with van der Waals surface area (Å²) >= 11 is 5.86. The fourth-order valence-electron chi connectivity index (χ4n) is 5.79. The highest BCUT2D eigenvalue weighted by molar-refractivity contribution is 6.30. The van der Waals surface area contributed by atoms with Crippen molar-refractivity contribution >= 4 is 34.9 Å². The van der Waals surface area contributed by atoms with Crippen molar-refractivity contribution in [3.05, 3.63) is 71.3 Å². The zero-order chi connectivity index (χ0) is 21.3. The minimum Gasteiger partial charge on any atom is -0.485 e. The summed E-state index contributed by atoms with van der Waals surface area (Å²) in [6.45, 7) is -0.143. The molecule has 6 heteroatoms. The molecule has 5 nitrogen and oxygen atoms in total. The second-order valence-corrected chi connectivity index (χ2v) is 9.32. The van der Waals surface area contributed by atoms with Crippen molar-refractivity contribution in [2.75, 3.05) is 11.5 Å². The lowest BCUT2D eigenvalue weighted by Crippen LogP contribution is -2.40. The second kappa shape index (κ2) is 6.79. The van der Waals surface area contributed by atoms with Crippen LogP contribution >= 0.6 is 11.6 Å². The van der Waals surface area contributed by atoms with Gasteiger partial charge in [0.1, 0.15) is 5.75 Å². The van der Waals surface area contributed by atoms with Crippen molar-refractivity contribution in [1.29, 1.82) is 0 Å². The van der Waals surface area contributed by atoms with E-state index in [4.69, 9.17) is 16.3 Å². The number of allylic oxidation sites excluding steroid dienone is 2. The number of imide groups is 1. The summed E-state index contributed by atoms with van der Waals surface area (Å²) in [5.41, 5.74) is 1.02. The van der Waals surface area contributed by atoms with Crippen LogP contribution in [0.1, 0.15) is 16.8 Å². The molecule has 2 saturated carbocycles. The van der Waals surface area contributed by atoms with Gasteiger partial charge in [0.2, 0.25) is 11.8 Å². The van der Waals surface area contributed by atoms with E-state index in [-0.39, 0.29) is 47.9 Å². The zero-order valence-electron chi connectivity index (χ0n) is 16.6. The highest BCUT2D eigenvalue weighted by Gasteiger charge is 2.67. The topological polar surface area (TPSA) is 63.7 Å². The fraction of sp³-hybridized carbons (Fsp3) is 0.320. The first-order valence-electron chi connectivity index (χ1n) is 10.6. The number of carbonyl (C=O) groups excluding carboxylic acids is 3. The van der Waals surface area contributed by atoms with Crippen LogP contribution in [0.15, 0.2) is 60.7 Å². The Hall–Kier alpha value is -2.92. The van der Waals surface area contributed by atoms with Crippen molar-refractivity contribution in [3.8, 4) is 5.75 Å². The number of hydrogen-bond donors (Lipinski definition) is 0. The Bertz CT molecular complexity index is 1100. The van der Waals surface area contributed by atoms with Gasteiger partial charge in [0.05, 0.1) is 17.5 Å². The van der Waals surface area contributed by atoms with Gasteiger partial charge in [-0.2, -0.15) is 0 Å². The molecule has 2 bridgehead atoms. The smallest absolute Gasteiger partial charge is 0.238 e. The number of carbonyl (C=O) groups is 3. The largest absolute Gasteiger partial charge is 0.485 e. The van der Waals surface area contributed by atoms with Crippen LogP contribution in [0.2, 0.25) is 5.02 Å². The molecule has 0 unspecified atom stereocenters. The average molecular weight is 434 g/mol. The molecule has 0 radical (unpaired) electrons. The molecule has 0 spiro atoms. The first-order valence-corrected chi connectivity index (χ1v) is 11.0. The Morgan fingerprint density at radius 2 is 1.61 bits per heavy atom. The molecule has 31 heavy (non-hydrogen) atoms. The van der Waals surface area contributed by atoms with Gasteiger partial charge >= 0.3 is 0 Å². The molecule has 7 rings (SSSR count). The van der Waals surface area contributed by atoms with Gasteiger partial charge in [-0.25, -0.2) is 4.90 Å². The van der Waals surface area contributed by atoms with E-state index in [1.54, 1.807) is 48.5 Å². The van der Waals surface area contributed by atoms with E-state index in [0.29, 0.717) is 33.9 Å². The number of ketones is 1. The number of anilines is 1. The van der Waals surface area contributed by atoms with Crippen LogP contribution in [0.3, 0.4) is 0 Å². The molecule has 1 saturated heterocycles. The van der Waals surface area contributed by atoms with E-state index in [1.807, 2.05) is 0 Å². The minimum absolute atomic E-state index is 0.103. The van der Waals surface area contributed by atoms with Crippen LogP contribution in [-0.2, 0) is 9.59 Å². The van der Waals surface area contributed by atoms with Crippen molar-refractivity contribution in [1.82, 2.24) is 0 Å². The number of benzene rings is 2. The number of amides is 2. The first-order chi connectivity index (χ1) is 15.0. The van der Waals surface area contributed by atoms with Crippen LogP contribution < -0.4 is 9.64 Å². The SMILES string of the molecule is O=C(COc1cccc(N2C(=O)[C@@H]3[C@@H]4C=C[C@H]([C@H]5C[C@@H]45)[C@@H]3C2=O)c1)c1ccc(Cl)cc1. The number of halogens is 1. The highest BCUT2D eigenvalue weighted by atomic mass is 35.5. The summed E-state index contributed by atoms with van der Waals surface area (Å²) in [6.07, 6.45) is 5.47. The third kappa shape index (κ3) is 2.87. The maximum atomic E-state index is 13.3. The zero-order valence-corrected chi connectivity index (χ0v) is 17.4. The van der Waals surface area contributed by atoms with Crippen LogP contribution in [0.5, 0.6) is 5.75 Å². The number of ether oxygens (including phenoxy) is 1. The van der Waals surface area contributed by atoms with Crippen LogP contribution in [0, 0.1) is 35.5 Å². The molecule has 2 amide bonds. The van der Waals surface area contributed by atoms with Gasteiger partial charge < -0.3 is 4.74 Å². The van der Waals surface area contributed by atoms with E-state index in [0.717, 1.165) is 6.42 Å². The molecular formula is C25H20ClNO4. The summed E-state index contributed by atoms with van der Waals surface area (Å²) in [7, 11) is 0. The lowest BCUT2D eigenvalue weighted by Gasteiger charge is -2.37. The average Bonchev–Trinajstić information content (AvgIpc) is 3.56. The Balaban J connectivity index is 1.20. The van der Waals surface area contributed by atoms with Crippen molar-refractivity contribution < 1.29 is 19.1 Å². The van der Waals surface area contributed by atoms with Crippen LogP contribution in [0.4, 0.5) is 5.69 Å². The number of Topliss-reactive ketones (excluding diaryl/α,β-unsaturated/α-hetero) is 1. The second-order valence-electron chi connectivity index (χ2n) is 8.88. The summed E-state index contributed by atoms with van der Waals surface area (Å²) in [6, 6.07) is 13.5. The number of hydrogen-bond acceptors (Lipinski definition) is 4. The lowest BCUT2D eigenvalue weighted by atomic mass is 9.63. The lowest BCUT2D eigenvalue weighted by molar-refractivity contribution is -0.124. The third-order valence-corrected chi connectivity index (χ3v) is 7.53. The van der Waals surface area contributed by atoms with Crippen molar-refractivity contribution in [2.24, 2.45) is 35.5 Å². The summed E-state index contributed by atoms with van der Waals surface area (Å²) in [5.74, 6) is 1.12. The van der Waals surface area contributed by atoms with Crippen molar-refractivity contribution in [3.63, 3.8) is 0 Å². The third-order valence-electron chi connectivity index (χ3n) is 7.27. The van der Waals surface area contributed by atoms with E-state index < -0.39 is 0 Å². The van der Waals surface area contributed by atoms with E-state index >= 15 is 0 Å². The van der Waals surface area contributed by atoms with Crippen molar-refractivity contribution in [2.45, 2.75) is 6.42 Å². The highest BCUT2D eigenvalue weighted by Crippen LogP contribution is 2.65. The van der Waals surface area contributed by atoms with Gasteiger partial charge in [-0.05, 0) is 66.5 Å². The minimum atomic E-state index is -0.234. The maximum absolute atomic E-state index is 13.3. The monoisotopic (exact) mass is 433 g/mol. The molecule has 1 aliphatic heterocycles. The van der Waals surface area contributed by atoms with Crippen LogP contribution in [-0.4, -0.2) is 24.2 Å². The standard InChI is InChI=1S/C25H20ClNO4/c26-14-6-4-13(5-7-14)21(28)12-31-16-3-1-2-15(10-16)27-24(29)22-17-8-9-18(20-11-19(17)20)23(22)25(27)30/h1-10,17-20,22-23H,11-12H2/t17-,18-,19-,20+,22+,23-/m1/s1. The quantitative estimate of drug-likeness (QED) is 0.403. The van der Waals surface area contributed by atoms with E-state index in [9.17, 15) is 14.4 Å². The predicted octanol–water partition coefficient (Wildman–Crippen LogP) is 4.16. The fourth-order valence-corrected chi connectivity index (χ4v) is 5.92. The first kappa shape index (κ1) is 18.8. The van der Waals surface area contributed by atoms with Gasteiger partial charge in [-0.1, -0.05) is 29.8 Å². The van der Waals surface area contributed by atoms with Gasteiger partial charge in [-0.3, -0.25) is 14.4 Å². The Labute approximate surface area is 184 Å². The Kier molecular flexibility index (Phi) is 4.12. The molecule has 0 aromatic heterocycles. The molecule has 3 fully saturated rings.